The molecular formula is C49H47NO8SSi. The minimum absolute atomic E-state index is 0.0858. The Morgan fingerprint density at radius 2 is 0.933 bits per heavy atom. The van der Waals surface area contributed by atoms with Gasteiger partial charge >= 0.3 is 17.9 Å². The third-order valence-electron chi connectivity index (χ3n) is 10.4. The van der Waals surface area contributed by atoms with Crippen LogP contribution in [0.3, 0.4) is 0 Å². The van der Waals surface area contributed by atoms with Gasteiger partial charge in [0.25, 0.3) is 8.32 Å². The number of hydrogen-bond acceptors (Lipinski definition) is 10. The Morgan fingerprint density at radius 1 is 0.550 bits per heavy atom. The van der Waals surface area contributed by atoms with Gasteiger partial charge in [-0.15, -0.1) is 0 Å². The molecule has 1 aliphatic heterocycles. The molecule has 1 saturated heterocycles. The van der Waals surface area contributed by atoms with Crippen LogP contribution in [0.2, 0.25) is 5.04 Å². The van der Waals surface area contributed by atoms with E-state index in [1.807, 2.05) is 48.5 Å². The molecule has 0 amide bonds. The first kappa shape index (κ1) is 42.2. The minimum atomic E-state index is -3.20. The molecule has 1 heterocycles. The van der Waals surface area contributed by atoms with Crippen LogP contribution in [0.25, 0.3) is 0 Å². The first-order chi connectivity index (χ1) is 29.0. The second-order valence-corrected chi connectivity index (χ2v) is 20.9. The van der Waals surface area contributed by atoms with Gasteiger partial charge in [-0.2, -0.15) is 0 Å². The summed E-state index contributed by atoms with van der Waals surface area (Å²) >= 11 is 1.27. The molecule has 6 aromatic carbocycles. The third-order valence-corrected chi connectivity index (χ3v) is 16.5. The molecule has 9 nitrogen and oxygen atoms in total. The number of nitrogens with two attached hydrogens (primary N) is 1. The van der Waals surface area contributed by atoms with Crippen LogP contribution >= 0.6 is 11.8 Å². The molecule has 0 radical (unpaired) electrons. The van der Waals surface area contributed by atoms with Crippen LogP contribution in [0, 0.1) is 0 Å². The molecule has 11 heteroatoms. The van der Waals surface area contributed by atoms with Crippen LogP contribution < -0.4 is 16.1 Å². The van der Waals surface area contributed by atoms with Crippen molar-refractivity contribution in [3.63, 3.8) is 0 Å². The van der Waals surface area contributed by atoms with Crippen LogP contribution in [-0.2, 0) is 23.4 Å². The quantitative estimate of drug-likeness (QED) is 0.0526. The standard InChI is InChI=1S/C49H47NO8SSi/c1-49(2,3)60(39-25-15-7-16-26-39,40-27-17-8-18-28-40)54-33-41-42(56-45(51)34-19-9-4-10-20-34)43(57-46(52)35-21-11-5-12-22-35)44(58-47(53)36-23-13-6-14-24-36)48(55-41)59-38-31-29-37(50)30-32-38/h4-32,41-44,48H,33,50H2,1-3H3/t41-,42+,43+,44-,48+/m1/s1. The fourth-order valence-electron chi connectivity index (χ4n) is 7.46. The number of nitrogen functional groups attached to an aromatic ring is 1. The first-order valence-electron chi connectivity index (χ1n) is 19.7. The Morgan fingerprint density at radius 3 is 1.35 bits per heavy atom. The lowest BCUT2D eigenvalue weighted by Gasteiger charge is -2.47. The van der Waals surface area contributed by atoms with Crippen molar-refractivity contribution in [2.45, 2.75) is 60.6 Å². The molecule has 1 aliphatic rings. The van der Waals surface area contributed by atoms with E-state index < -0.39 is 61.1 Å². The van der Waals surface area contributed by atoms with Gasteiger partial charge in [0, 0.05) is 10.6 Å². The first-order valence-corrected chi connectivity index (χ1v) is 22.5. The zero-order valence-corrected chi connectivity index (χ0v) is 35.4. The van der Waals surface area contributed by atoms with Crippen molar-refractivity contribution in [3.8, 4) is 0 Å². The molecule has 0 saturated carbocycles. The highest BCUT2D eigenvalue weighted by atomic mass is 32.2. The van der Waals surface area contributed by atoms with Crippen molar-refractivity contribution in [2.24, 2.45) is 0 Å². The van der Waals surface area contributed by atoms with Gasteiger partial charge < -0.3 is 29.1 Å². The number of thioether (sulfide) groups is 1. The number of carbonyl (C=O) groups is 3. The number of benzene rings is 6. The lowest BCUT2D eigenvalue weighted by molar-refractivity contribution is -0.206. The summed E-state index contributed by atoms with van der Waals surface area (Å²) < 4.78 is 33.6. The molecule has 0 aliphatic carbocycles. The van der Waals surface area contributed by atoms with Crippen LogP contribution in [0.15, 0.2) is 181 Å². The Balaban J connectivity index is 1.37. The van der Waals surface area contributed by atoms with Crippen LogP contribution in [-0.4, -0.2) is 62.7 Å². The molecule has 5 atom stereocenters. The number of carbonyl (C=O) groups excluding carboxylic acids is 3. The van der Waals surface area contributed by atoms with Gasteiger partial charge in [-0.1, -0.05) is 148 Å². The topological polar surface area (TPSA) is 123 Å². The van der Waals surface area contributed by atoms with E-state index in [2.05, 4.69) is 45.0 Å². The number of anilines is 1. The van der Waals surface area contributed by atoms with Crippen molar-refractivity contribution in [3.05, 3.63) is 193 Å². The van der Waals surface area contributed by atoms with Crippen molar-refractivity contribution in [1.29, 1.82) is 0 Å². The van der Waals surface area contributed by atoms with E-state index in [0.717, 1.165) is 15.3 Å². The molecule has 306 valence electrons. The minimum Gasteiger partial charge on any atom is -0.452 e. The SMILES string of the molecule is CC(C)(C)[Si](OC[C@H]1O[C@@H](Sc2ccc(N)cc2)[C@H](OC(=O)c2ccccc2)[C@@H](OC(=O)c2ccccc2)[C@H]1OC(=O)c1ccccc1)(c1ccccc1)c1ccccc1. The molecule has 2 N–H and O–H groups in total. The number of hydrogen-bond donors (Lipinski definition) is 1. The number of rotatable bonds is 13. The van der Waals surface area contributed by atoms with Crippen LogP contribution in [0.5, 0.6) is 0 Å². The zero-order valence-electron chi connectivity index (χ0n) is 33.6. The summed E-state index contributed by atoms with van der Waals surface area (Å²) in [5, 5.41) is 1.66. The van der Waals surface area contributed by atoms with E-state index in [0.29, 0.717) is 5.69 Å². The Hall–Kier alpha value is -5.98. The summed E-state index contributed by atoms with van der Waals surface area (Å²) in [5.41, 5.74) is 6.44. The molecule has 1 fully saturated rings. The molecule has 7 rings (SSSR count). The molecule has 60 heavy (non-hydrogen) atoms. The van der Waals surface area contributed by atoms with Crippen molar-refractivity contribution >= 4 is 54.0 Å². The lowest BCUT2D eigenvalue weighted by atomic mass is 9.98. The van der Waals surface area contributed by atoms with Crippen LogP contribution in [0.1, 0.15) is 51.8 Å². The van der Waals surface area contributed by atoms with Crippen molar-refractivity contribution in [1.82, 2.24) is 0 Å². The van der Waals surface area contributed by atoms with Crippen LogP contribution in [0.4, 0.5) is 5.69 Å². The van der Waals surface area contributed by atoms with Gasteiger partial charge in [0.2, 0.25) is 0 Å². The average molecular weight is 838 g/mol. The predicted octanol–water partition coefficient (Wildman–Crippen LogP) is 8.34. The van der Waals surface area contributed by atoms with E-state index in [1.165, 1.54) is 11.8 Å². The molecule has 0 aromatic heterocycles. The van der Waals surface area contributed by atoms with Gasteiger partial charge in [0.1, 0.15) is 11.5 Å². The summed E-state index contributed by atoms with van der Waals surface area (Å²) in [5.74, 6) is -2.06. The Labute approximate surface area is 355 Å². The summed E-state index contributed by atoms with van der Waals surface area (Å²) in [6.07, 6.45) is -5.01. The van der Waals surface area contributed by atoms with Crippen molar-refractivity contribution < 1.29 is 37.8 Å². The smallest absolute Gasteiger partial charge is 0.338 e. The fourth-order valence-corrected chi connectivity index (χ4v) is 13.1. The maximum absolute atomic E-state index is 14.2. The summed E-state index contributed by atoms with van der Waals surface area (Å²) in [6.45, 7) is 6.41. The second-order valence-electron chi connectivity index (χ2n) is 15.4. The summed E-state index contributed by atoms with van der Waals surface area (Å²) in [4.78, 5) is 43.0. The van der Waals surface area contributed by atoms with E-state index >= 15 is 0 Å². The molecule has 0 bridgehead atoms. The largest absolute Gasteiger partial charge is 0.452 e. The Kier molecular flexibility index (Phi) is 13.3. The van der Waals surface area contributed by atoms with Crippen molar-refractivity contribution in [2.75, 3.05) is 12.3 Å². The van der Waals surface area contributed by atoms with Gasteiger partial charge in [0.15, 0.2) is 18.3 Å². The van der Waals surface area contributed by atoms with Gasteiger partial charge in [-0.25, -0.2) is 14.4 Å². The maximum Gasteiger partial charge on any atom is 0.338 e. The monoisotopic (exact) mass is 837 g/mol. The fraction of sp³-hybridized carbons (Fsp3) is 0.204. The lowest BCUT2D eigenvalue weighted by Crippen LogP contribution is -2.68. The van der Waals surface area contributed by atoms with E-state index in [-0.39, 0.29) is 23.3 Å². The van der Waals surface area contributed by atoms with E-state index in [4.69, 9.17) is 29.1 Å². The highest BCUT2D eigenvalue weighted by Crippen LogP contribution is 2.41. The molecule has 0 spiro atoms. The van der Waals surface area contributed by atoms with Gasteiger partial charge in [0.05, 0.1) is 23.3 Å². The molecule has 0 unspecified atom stereocenters. The van der Waals surface area contributed by atoms with E-state index in [9.17, 15) is 14.4 Å². The van der Waals surface area contributed by atoms with E-state index in [1.54, 1.807) is 103 Å². The predicted molar refractivity (Wildman–Crippen MR) is 236 cm³/mol. The molecular weight excluding hydrogens is 791 g/mol. The Bertz CT molecular complexity index is 2290. The summed E-state index contributed by atoms with van der Waals surface area (Å²) in [6, 6.07) is 53.0. The third kappa shape index (κ3) is 9.56. The second kappa shape index (κ2) is 18.9. The zero-order chi connectivity index (χ0) is 42.1. The number of ether oxygens (including phenoxy) is 4. The average Bonchev–Trinajstić information content (AvgIpc) is 3.27. The highest BCUT2D eigenvalue weighted by Gasteiger charge is 2.56. The normalized spacial score (nSPS) is 19.1. The highest BCUT2D eigenvalue weighted by molar-refractivity contribution is 7.99. The number of esters is 3. The summed E-state index contributed by atoms with van der Waals surface area (Å²) in [7, 11) is -3.20. The van der Waals surface area contributed by atoms with Gasteiger partial charge in [-0.3, -0.25) is 0 Å². The maximum atomic E-state index is 14.2. The van der Waals surface area contributed by atoms with Gasteiger partial charge in [-0.05, 0) is 76.1 Å². The molecule has 6 aromatic rings.